The SMILES string of the molecule is COc1ccc(OC)c2c1cc1n2CC(C)(C(=O)NC2CCCCC2)N(CCC2CCCCC2)C1=O. The number of fused-ring (bicyclic) bond motifs is 3. The summed E-state index contributed by atoms with van der Waals surface area (Å²) < 4.78 is 13.3. The van der Waals surface area contributed by atoms with Gasteiger partial charge in [0.1, 0.15) is 22.7 Å². The quantitative estimate of drug-likeness (QED) is 0.566. The van der Waals surface area contributed by atoms with Gasteiger partial charge in [-0.1, -0.05) is 51.4 Å². The zero-order chi connectivity index (χ0) is 25.3. The van der Waals surface area contributed by atoms with E-state index in [-0.39, 0.29) is 17.9 Å². The number of hydrogen-bond acceptors (Lipinski definition) is 4. The van der Waals surface area contributed by atoms with E-state index in [1.807, 2.05) is 34.6 Å². The molecule has 36 heavy (non-hydrogen) atoms. The van der Waals surface area contributed by atoms with Crippen molar-refractivity contribution >= 4 is 22.7 Å². The van der Waals surface area contributed by atoms with Gasteiger partial charge in [-0.15, -0.1) is 0 Å². The fourth-order valence-corrected chi connectivity index (χ4v) is 6.68. The first-order valence-electron chi connectivity index (χ1n) is 13.8. The summed E-state index contributed by atoms with van der Waals surface area (Å²) >= 11 is 0. The number of amides is 2. The molecule has 1 N–H and O–H groups in total. The lowest BCUT2D eigenvalue weighted by molar-refractivity contribution is -0.133. The van der Waals surface area contributed by atoms with E-state index in [4.69, 9.17) is 9.47 Å². The van der Waals surface area contributed by atoms with Crippen LogP contribution in [0.2, 0.25) is 0 Å². The molecule has 1 atom stereocenters. The standard InChI is InChI=1S/C29H41N3O4/c1-29(28(34)30-21-12-8-5-9-13-21)19-31-23(18-22-24(35-2)14-15-25(36-3)26(22)31)27(33)32(29)17-16-20-10-6-4-7-11-20/h14-15,18,20-21H,4-13,16-17,19H2,1-3H3,(H,30,34). The van der Waals surface area contributed by atoms with E-state index in [2.05, 4.69) is 5.32 Å². The zero-order valence-corrected chi connectivity index (χ0v) is 22.1. The maximum atomic E-state index is 14.1. The maximum Gasteiger partial charge on any atom is 0.271 e. The first-order chi connectivity index (χ1) is 17.5. The third-order valence-electron chi connectivity index (χ3n) is 8.86. The van der Waals surface area contributed by atoms with Gasteiger partial charge in [0, 0.05) is 18.0 Å². The third-order valence-corrected chi connectivity index (χ3v) is 8.86. The Morgan fingerprint density at radius 3 is 2.31 bits per heavy atom. The summed E-state index contributed by atoms with van der Waals surface area (Å²) in [6.07, 6.45) is 12.8. The number of nitrogens with zero attached hydrogens (tertiary/aromatic N) is 2. The van der Waals surface area contributed by atoms with Gasteiger partial charge in [-0.25, -0.2) is 0 Å². The van der Waals surface area contributed by atoms with E-state index in [0.29, 0.717) is 36.2 Å². The number of methoxy groups -OCH3 is 2. The van der Waals surface area contributed by atoms with E-state index in [1.54, 1.807) is 14.2 Å². The van der Waals surface area contributed by atoms with E-state index in [1.165, 1.54) is 38.5 Å². The minimum Gasteiger partial charge on any atom is -0.496 e. The van der Waals surface area contributed by atoms with Crippen LogP contribution >= 0.6 is 0 Å². The molecular weight excluding hydrogens is 454 g/mol. The van der Waals surface area contributed by atoms with Crippen LogP contribution < -0.4 is 14.8 Å². The topological polar surface area (TPSA) is 72.8 Å². The van der Waals surface area contributed by atoms with E-state index in [9.17, 15) is 9.59 Å². The third kappa shape index (κ3) is 4.46. The fourth-order valence-electron chi connectivity index (χ4n) is 6.68. The molecule has 0 spiro atoms. The molecule has 1 aliphatic heterocycles. The number of rotatable bonds is 7. The summed E-state index contributed by atoms with van der Waals surface area (Å²) in [6.45, 7) is 2.95. The van der Waals surface area contributed by atoms with Gasteiger partial charge in [-0.2, -0.15) is 0 Å². The highest BCUT2D eigenvalue weighted by molar-refractivity contribution is 6.05. The average molecular weight is 496 g/mol. The molecule has 5 rings (SSSR count). The van der Waals surface area contributed by atoms with Crippen molar-refractivity contribution in [1.29, 1.82) is 0 Å². The van der Waals surface area contributed by atoms with Gasteiger partial charge in [0.2, 0.25) is 5.91 Å². The highest BCUT2D eigenvalue weighted by Gasteiger charge is 2.48. The second-order valence-corrected chi connectivity index (χ2v) is 11.2. The van der Waals surface area contributed by atoms with Gasteiger partial charge >= 0.3 is 0 Å². The lowest BCUT2D eigenvalue weighted by Crippen LogP contribution is -2.65. The summed E-state index contributed by atoms with van der Waals surface area (Å²) in [5.41, 5.74) is 0.430. The van der Waals surface area contributed by atoms with Crippen LogP contribution in [0.15, 0.2) is 18.2 Å². The minimum absolute atomic E-state index is 0.0410. The highest BCUT2D eigenvalue weighted by atomic mass is 16.5. The molecule has 3 aliphatic rings. The minimum atomic E-state index is -0.976. The zero-order valence-electron chi connectivity index (χ0n) is 22.1. The van der Waals surface area contributed by atoms with Gasteiger partial charge in [0.05, 0.1) is 26.3 Å². The Morgan fingerprint density at radius 2 is 1.64 bits per heavy atom. The summed E-state index contributed by atoms with van der Waals surface area (Å²) in [7, 11) is 3.27. The number of hydrogen-bond donors (Lipinski definition) is 1. The van der Waals surface area contributed by atoms with Crippen LogP contribution in [-0.2, 0) is 11.3 Å². The molecule has 0 bridgehead atoms. The molecular formula is C29H41N3O4. The average Bonchev–Trinajstić information content (AvgIpc) is 3.28. The van der Waals surface area contributed by atoms with Crippen LogP contribution in [0.1, 0.15) is 88.0 Å². The number of ether oxygens (including phenoxy) is 2. The highest BCUT2D eigenvalue weighted by Crippen LogP contribution is 2.40. The Morgan fingerprint density at radius 1 is 1.00 bits per heavy atom. The molecule has 7 nitrogen and oxygen atoms in total. The number of carbonyl (C=O) groups excluding carboxylic acids is 2. The molecule has 1 aromatic heterocycles. The lowest BCUT2D eigenvalue weighted by Gasteiger charge is -2.45. The Balaban J connectivity index is 1.53. The van der Waals surface area contributed by atoms with E-state index < -0.39 is 5.54 Å². The summed E-state index contributed by atoms with van der Waals surface area (Å²) in [6, 6.07) is 5.84. The molecule has 1 aromatic carbocycles. The number of aromatic nitrogens is 1. The molecule has 2 heterocycles. The Labute approximate surface area is 214 Å². The second kappa shape index (κ2) is 10.3. The predicted octanol–water partition coefficient (Wildman–Crippen LogP) is 5.29. The van der Waals surface area contributed by atoms with Crippen molar-refractivity contribution in [2.75, 3.05) is 20.8 Å². The van der Waals surface area contributed by atoms with Crippen molar-refractivity contribution in [3.63, 3.8) is 0 Å². The fraction of sp³-hybridized carbons (Fsp3) is 0.655. The van der Waals surface area contributed by atoms with Crippen LogP contribution in [0, 0.1) is 5.92 Å². The molecule has 0 saturated heterocycles. The van der Waals surface area contributed by atoms with Crippen LogP contribution in [0.3, 0.4) is 0 Å². The first-order valence-corrected chi connectivity index (χ1v) is 13.8. The predicted molar refractivity (Wildman–Crippen MR) is 141 cm³/mol. The maximum absolute atomic E-state index is 14.1. The van der Waals surface area contributed by atoms with Crippen molar-refractivity contribution in [1.82, 2.24) is 14.8 Å². The molecule has 2 fully saturated rings. The van der Waals surface area contributed by atoms with Crippen LogP contribution in [0.4, 0.5) is 0 Å². The van der Waals surface area contributed by atoms with Crippen molar-refractivity contribution in [3.8, 4) is 11.5 Å². The molecule has 1 unspecified atom stereocenters. The van der Waals surface area contributed by atoms with Crippen LogP contribution in [0.25, 0.3) is 10.9 Å². The molecule has 2 amide bonds. The van der Waals surface area contributed by atoms with Crippen molar-refractivity contribution in [2.24, 2.45) is 5.92 Å². The number of carbonyl (C=O) groups is 2. The summed E-state index contributed by atoms with van der Waals surface area (Å²) in [5, 5.41) is 4.18. The largest absolute Gasteiger partial charge is 0.496 e. The molecule has 2 aliphatic carbocycles. The Hall–Kier alpha value is -2.70. The smallest absolute Gasteiger partial charge is 0.271 e. The Kier molecular flexibility index (Phi) is 7.18. The second-order valence-electron chi connectivity index (χ2n) is 11.2. The monoisotopic (exact) mass is 495 g/mol. The normalized spacial score (nSPS) is 23.5. The molecule has 2 aromatic rings. The molecule has 2 saturated carbocycles. The van der Waals surface area contributed by atoms with Crippen LogP contribution in [0.5, 0.6) is 11.5 Å². The van der Waals surface area contributed by atoms with Gasteiger partial charge in [-0.3, -0.25) is 9.59 Å². The van der Waals surface area contributed by atoms with Gasteiger partial charge in [0.15, 0.2) is 0 Å². The van der Waals surface area contributed by atoms with Gasteiger partial charge in [-0.05, 0) is 50.3 Å². The lowest BCUT2D eigenvalue weighted by atomic mass is 9.85. The van der Waals surface area contributed by atoms with Crippen molar-refractivity contribution in [3.05, 3.63) is 23.9 Å². The summed E-state index contributed by atoms with van der Waals surface area (Å²) in [5.74, 6) is 1.88. The molecule has 0 radical (unpaired) electrons. The van der Waals surface area contributed by atoms with E-state index >= 15 is 0 Å². The first kappa shape index (κ1) is 25.0. The van der Waals surface area contributed by atoms with E-state index in [0.717, 1.165) is 43.0 Å². The Bertz CT molecular complexity index is 1110. The van der Waals surface area contributed by atoms with Gasteiger partial charge in [0.25, 0.3) is 5.91 Å². The summed E-state index contributed by atoms with van der Waals surface area (Å²) in [4.78, 5) is 29.9. The molecule has 7 heteroatoms. The molecule has 196 valence electrons. The number of benzene rings is 1. The van der Waals surface area contributed by atoms with Gasteiger partial charge < -0.3 is 24.3 Å². The van der Waals surface area contributed by atoms with Crippen molar-refractivity contribution < 1.29 is 19.1 Å². The van der Waals surface area contributed by atoms with Crippen molar-refractivity contribution in [2.45, 2.75) is 95.7 Å². The van der Waals surface area contributed by atoms with Crippen LogP contribution in [-0.4, -0.2) is 53.6 Å². The number of nitrogens with one attached hydrogen (secondary N) is 1.